The molecule has 6 heteroatoms. The lowest BCUT2D eigenvalue weighted by atomic mass is 9.83. The SMILES string of the molecule is Cl.O=C(NCc1cc2n(n1)CCNC2)C1CCc2ccccc2C1. The molecule has 1 atom stereocenters. The first-order valence-electron chi connectivity index (χ1n) is 8.40. The Balaban J connectivity index is 0.00000169. The van der Waals surface area contributed by atoms with Gasteiger partial charge in [0.05, 0.1) is 24.5 Å². The molecule has 2 N–H and O–H groups in total. The second-order valence-corrected chi connectivity index (χ2v) is 6.45. The molecule has 2 heterocycles. The first kappa shape index (κ1) is 17.0. The quantitative estimate of drug-likeness (QED) is 0.891. The average Bonchev–Trinajstić information content (AvgIpc) is 3.02. The maximum Gasteiger partial charge on any atom is 0.223 e. The summed E-state index contributed by atoms with van der Waals surface area (Å²) in [6.07, 6.45) is 2.79. The lowest BCUT2D eigenvalue weighted by Gasteiger charge is -2.23. The van der Waals surface area contributed by atoms with Gasteiger partial charge in [-0.3, -0.25) is 9.48 Å². The van der Waals surface area contributed by atoms with E-state index in [1.807, 2.05) is 4.68 Å². The zero-order valence-electron chi connectivity index (χ0n) is 13.6. The molecule has 1 unspecified atom stereocenters. The topological polar surface area (TPSA) is 59.0 Å². The number of aromatic nitrogens is 2. The van der Waals surface area contributed by atoms with Gasteiger partial charge in [-0.2, -0.15) is 5.10 Å². The summed E-state index contributed by atoms with van der Waals surface area (Å²) in [6, 6.07) is 10.5. The van der Waals surface area contributed by atoms with E-state index in [1.165, 1.54) is 16.8 Å². The minimum atomic E-state index is 0. The van der Waals surface area contributed by atoms with E-state index in [4.69, 9.17) is 0 Å². The Morgan fingerprint density at radius 2 is 2.17 bits per heavy atom. The van der Waals surface area contributed by atoms with Crippen molar-refractivity contribution in [2.75, 3.05) is 6.54 Å². The van der Waals surface area contributed by atoms with E-state index >= 15 is 0 Å². The first-order valence-corrected chi connectivity index (χ1v) is 8.40. The minimum absolute atomic E-state index is 0. The van der Waals surface area contributed by atoms with Crippen LogP contribution in [0.1, 0.15) is 28.9 Å². The van der Waals surface area contributed by atoms with Crippen molar-refractivity contribution in [1.29, 1.82) is 0 Å². The predicted molar refractivity (Wildman–Crippen MR) is 95.0 cm³/mol. The van der Waals surface area contributed by atoms with Crippen LogP contribution in [0.25, 0.3) is 0 Å². The van der Waals surface area contributed by atoms with Gasteiger partial charge in [0.25, 0.3) is 0 Å². The number of halogens is 1. The zero-order chi connectivity index (χ0) is 15.6. The number of nitrogens with one attached hydrogen (secondary N) is 2. The van der Waals surface area contributed by atoms with Crippen LogP contribution in [0.15, 0.2) is 30.3 Å². The van der Waals surface area contributed by atoms with Crippen LogP contribution in [0.2, 0.25) is 0 Å². The Morgan fingerprint density at radius 3 is 3.00 bits per heavy atom. The molecule has 2 aliphatic rings. The molecule has 2 aromatic rings. The van der Waals surface area contributed by atoms with Crippen molar-refractivity contribution >= 4 is 18.3 Å². The third-order valence-corrected chi connectivity index (χ3v) is 4.88. The summed E-state index contributed by atoms with van der Waals surface area (Å²) in [6.45, 7) is 3.25. The van der Waals surface area contributed by atoms with Crippen molar-refractivity contribution in [3.8, 4) is 0 Å². The highest BCUT2D eigenvalue weighted by molar-refractivity contribution is 5.85. The molecule has 1 aromatic heterocycles. The van der Waals surface area contributed by atoms with Gasteiger partial charge in [-0.15, -0.1) is 12.4 Å². The number of amides is 1. The van der Waals surface area contributed by atoms with Crippen molar-refractivity contribution in [2.24, 2.45) is 5.92 Å². The molecule has 128 valence electrons. The highest BCUT2D eigenvalue weighted by Crippen LogP contribution is 2.25. The van der Waals surface area contributed by atoms with Gasteiger partial charge in [-0.25, -0.2) is 0 Å². The van der Waals surface area contributed by atoms with Gasteiger partial charge in [0, 0.05) is 19.0 Å². The lowest BCUT2D eigenvalue weighted by Crippen LogP contribution is -2.33. The van der Waals surface area contributed by atoms with E-state index in [-0.39, 0.29) is 24.2 Å². The largest absolute Gasteiger partial charge is 0.350 e. The fourth-order valence-electron chi connectivity index (χ4n) is 3.58. The van der Waals surface area contributed by atoms with Crippen molar-refractivity contribution in [2.45, 2.75) is 38.9 Å². The summed E-state index contributed by atoms with van der Waals surface area (Å²) in [4.78, 5) is 12.5. The van der Waals surface area contributed by atoms with Crippen LogP contribution in [-0.4, -0.2) is 22.2 Å². The molecule has 1 aliphatic carbocycles. The molecule has 0 bridgehead atoms. The fourth-order valence-corrected chi connectivity index (χ4v) is 3.58. The maximum absolute atomic E-state index is 12.5. The van der Waals surface area contributed by atoms with Gasteiger partial charge in [0.15, 0.2) is 0 Å². The van der Waals surface area contributed by atoms with E-state index in [0.717, 1.165) is 44.6 Å². The molecular formula is C18H23ClN4O. The molecule has 1 aliphatic heterocycles. The Kier molecular flexibility index (Phi) is 5.21. The normalized spacial score (nSPS) is 18.9. The smallest absolute Gasteiger partial charge is 0.223 e. The number of hydrogen-bond donors (Lipinski definition) is 2. The van der Waals surface area contributed by atoms with Crippen LogP contribution in [0.4, 0.5) is 0 Å². The van der Waals surface area contributed by atoms with Gasteiger partial charge in [-0.05, 0) is 36.5 Å². The van der Waals surface area contributed by atoms with E-state index in [2.05, 4.69) is 46.1 Å². The van der Waals surface area contributed by atoms with E-state index in [1.54, 1.807) is 0 Å². The number of hydrogen-bond acceptors (Lipinski definition) is 3. The van der Waals surface area contributed by atoms with Crippen molar-refractivity contribution in [1.82, 2.24) is 20.4 Å². The Bertz CT molecular complexity index is 704. The predicted octanol–water partition coefficient (Wildman–Crippen LogP) is 1.83. The van der Waals surface area contributed by atoms with E-state index < -0.39 is 0 Å². The number of benzene rings is 1. The van der Waals surface area contributed by atoms with Gasteiger partial charge >= 0.3 is 0 Å². The number of rotatable bonds is 3. The van der Waals surface area contributed by atoms with Crippen molar-refractivity contribution < 1.29 is 4.79 Å². The monoisotopic (exact) mass is 346 g/mol. The molecule has 1 aromatic carbocycles. The van der Waals surface area contributed by atoms with Crippen LogP contribution >= 0.6 is 12.4 Å². The molecule has 0 saturated heterocycles. The summed E-state index contributed by atoms with van der Waals surface area (Å²) in [5.41, 5.74) is 4.87. The third kappa shape index (κ3) is 3.47. The van der Waals surface area contributed by atoms with Gasteiger partial charge in [0.1, 0.15) is 0 Å². The fraction of sp³-hybridized carbons (Fsp3) is 0.444. The van der Waals surface area contributed by atoms with Crippen LogP contribution in [0.3, 0.4) is 0 Å². The Hall–Kier alpha value is -1.85. The molecule has 0 spiro atoms. The summed E-state index contributed by atoms with van der Waals surface area (Å²) in [7, 11) is 0. The van der Waals surface area contributed by atoms with Crippen LogP contribution in [0, 0.1) is 5.92 Å². The van der Waals surface area contributed by atoms with Gasteiger partial charge < -0.3 is 10.6 Å². The number of fused-ring (bicyclic) bond motifs is 2. The van der Waals surface area contributed by atoms with Crippen LogP contribution < -0.4 is 10.6 Å². The van der Waals surface area contributed by atoms with E-state index in [0.29, 0.717) is 6.54 Å². The molecule has 5 nitrogen and oxygen atoms in total. The molecular weight excluding hydrogens is 324 g/mol. The first-order chi connectivity index (χ1) is 11.3. The highest BCUT2D eigenvalue weighted by Gasteiger charge is 2.24. The minimum Gasteiger partial charge on any atom is -0.350 e. The number of carbonyl (C=O) groups is 1. The zero-order valence-corrected chi connectivity index (χ0v) is 14.4. The second-order valence-electron chi connectivity index (χ2n) is 6.45. The number of nitrogens with zero attached hydrogens (tertiary/aromatic N) is 2. The Labute approximate surface area is 148 Å². The molecule has 0 fully saturated rings. The summed E-state index contributed by atoms with van der Waals surface area (Å²) >= 11 is 0. The molecule has 0 radical (unpaired) electrons. The molecule has 24 heavy (non-hydrogen) atoms. The standard InChI is InChI=1S/C18H22N4O.ClH/c23-18(15-6-5-13-3-1-2-4-14(13)9-15)20-11-16-10-17-12-19-7-8-22(17)21-16;/h1-4,10,15,19H,5-9,11-12H2,(H,20,23);1H. The van der Waals surface area contributed by atoms with Crippen LogP contribution in [0.5, 0.6) is 0 Å². The Morgan fingerprint density at radius 1 is 1.33 bits per heavy atom. The molecule has 4 rings (SSSR count). The third-order valence-electron chi connectivity index (χ3n) is 4.88. The highest BCUT2D eigenvalue weighted by atomic mass is 35.5. The second kappa shape index (κ2) is 7.36. The number of aryl methyl sites for hydroxylation is 1. The summed E-state index contributed by atoms with van der Waals surface area (Å²) in [5, 5.41) is 11.0. The van der Waals surface area contributed by atoms with E-state index in [9.17, 15) is 4.79 Å². The maximum atomic E-state index is 12.5. The average molecular weight is 347 g/mol. The number of carbonyl (C=O) groups excluding carboxylic acids is 1. The van der Waals surface area contributed by atoms with Crippen molar-refractivity contribution in [3.05, 3.63) is 52.8 Å². The summed E-state index contributed by atoms with van der Waals surface area (Å²) in [5.74, 6) is 0.243. The van der Waals surface area contributed by atoms with Gasteiger partial charge in [-0.1, -0.05) is 24.3 Å². The molecule has 1 amide bonds. The lowest BCUT2D eigenvalue weighted by molar-refractivity contribution is -0.125. The summed E-state index contributed by atoms with van der Waals surface area (Å²) < 4.78 is 2.04. The molecule has 0 saturated carbocycles. The van der Waals surface area contributed by atoms with Crippen LogP contribution in [-0.2, 0) is 37.3 Å². The van der Waals surface area contributed by atoms with Gasteiger partial charge in [0.2, 0.25) is 5.91 Å². The van der Waals surface area contributed by atoms with Crippen molar-refractivity contribution in [3.63, 3.8) is 0 Å².